The van der Waals surface area contributed by atoms with Crippen molar-refractivity contribution in [2.75, 3.05) is 13.1 Å². The molecule has 0 amide bonds. The van der Waals surface area contributed by atoms with Gasteiger partial charge in [-0.15, -0.1) is 0 Å². The van der Waals surface area contributed by atoms with E-state index in [1.165, 1.54) is 4.90 Å². The lowest BCUT2D eigenvalue weighted by molar-refractivity contribution is -0.247. The molecular formula is C9H14F3NO. The smallest absolute Gasteiger partial charge is 0.377 e. The third-order valence-electron chi connectivity index (χ3n) is 3.29. The number of hydrogen-bond donors (Lipinski definition) is 1. The molecule has 0 aromatic carbocycles. The third-order valence-corrected chi connectivity index (χ3v) is 3.29. The number of hydrogen-bond acceptors (Lipinski definition) is 2. The van der Waals surface area contributed by atoms with E-state index < -0.39 is 17.8 Å². The summed E-state index contributed by atoms with van der Waals surface area (Å²) >= 11 is 0. The number of nitrogens with zero attached hydrogens (tertiary/aromatic N) is 1. The van der Waals surface area contributed by atoms with Crippen LogP contribution < -0.4 is 0 Å². The second-order valence-electron chi connectivity index (χ2n) is 4.59. The maximum Gasteiger partial charge on any atom is 0.398 e. The van der Waals surface area contributed by atoms with Gasteiger partial charge in [0.1, 0.15) is 11.6 Å². The van der Waals surface area contributed by atoms with Crippen molar-refractivity contribution in [3.63, 3.8) is 0 Å². The van der Waals surface area contributed by atoms with Crippen molar-refractivity contribution in [1.29, 1.82) is 0 Å². The van der Waals surface area contributed by atoms with Crippen LogP contribution in [0.3, 0.4) is 0 Å². The van der Waals surface area contributed by atoms with Crippen molar-refractivity contribution in [2.24, 2.45) is 11.3 Å². The van der Waals surface area contributed by atoms with Gasteiger partial charge in [0.15, 0.2) is 0 Å². The first-order valence-electron chi connectivity index (χ1n) is 4.86. The average molecular weight is 209 g/mol. The molecule has 2 rings (SSSR count). The van der Waals surface area contributed by atoms with Crippen LogP contribution in [0.25, 0.3) is 0 Å². The quantitative estimate of drug-likeness (QED) is 0.746. The molecule has 5 heteroatoms. The average Bonchev–Trinajstić information content (AvgIpc) is 2.75. The first-order chi connectivity index (χ1) is 6.37. The summed E-state index contributed by atoms with van der Waals surface area (Å²) in [5.41, 5.74) is -1.81. The first kappa shape index (κ1) is 10.2. The van der Waals surface area contributed by atoms with Crippen molar-refractivity contribution < 1.29 is 18.3 Å². The zero-order chi connectivity index (χ0) is 10.6. The third kappa shape index (κ3) is 1.34. The fraction of sp³-hybridized carbons (Fsp3) is 1.00. The predicted octanol–water partition coefficient (Wildman–Crippen LogP) is 1.60. The Morgan fingerprint density at radius 3 is 2.14 bits per heavy atom. The van der Waals surface area contributed by atoms with Crippen LogP contribution in [-0.4, -0.2) is 35.5 Å². The number of aliphatic hydroxyl groups is 1. The summed E-state index contributed by atoms with van der Waals surface area (Å²) in [6.45, 7) is 3.13. The van der Waals surface area contributed by atoms with E-state index in [-0.39, 0.29) is 12.8 Å². The van der Waals surface area contributed by atoms with Gasteiger partial charge in [0.05, 0.1) is 0 Å². The molecule has 2 nitrogen and oxygen atoms in total. The zero-order valence-corrected chi connectivity index (χ0v) is 8.01. The summed E-state index contributed by atoms with van der Waals surface area (Å²) < 4.78 is 37.7. The lowest BCUT2D eigenvalue weighted by Crippen LogP contribution is -2.57. The minimum absolute atomic E-state index is 0.0720. The minimum atomic E-state index is -4.26. The van der Waals surface area contributed by atoms with Crippen LogP contribution in [0.1, 0.15) is 19.8 Å². The highest BCUT2D eigenvalue weighted by Crippen LogP contribution is 2.60. The molecule has 2 aliphatic rings. The summed E-state index contributed by atoms with van der Waals surface area (Å²) in [5.74, 6) is 0.411. The SMILES string of the molecule is CC1CN(C(O)C2(C(F)(F)F)CC2)C1. The number of halogens is 3. The normalized spacial score (nSPS) is 29.8. The Labute approximate surface area is 80.7 Å². The van der Waals surface area contributed by atoms with Crippen molar-refractivity contribution in [3.8, 4) is 0 Å². The van der Waals surface area contributed by atoms with Gasteiger partial charge < -0.3 is 5.11 Å². The van der Waals surface area contributed by atoms with E-state index in [9.17, 15) is 18.3 Å². The molecule has 1 aliphatic heterocycles. The molecule has 1 N–H and O–H groups in total. The second-order valence-corrected chi connectivity index (χ2v) is 4.59. The Balaban J connectivity index is 2.01. The van der Waals surface area contributed by atoms with Crippen molar-refractivity contribution in [1.82, 2.24) is 4.90 Å². The molecule has 1 saturated carbocycles. The van der Waals surface area contributed by atoms with Crippen LogP contribution >= 0.6 is 0 Å². The molecule has 0 aromatic heterocycles. The van der Waals surface area contributed by atoms with Gasteiger partial charge in [-0.25, -0.2) is 0 Å². The first-order valence-corrected chi connectivity index (χ1v) is 4.86. The molecule has 0 spiro atoms. The van der Waals surface area contributed by atoms with Gasteiger partial charge in [0.25, 0.3) is 0 Å². The fourth-order valence-electron chi connectivity index (χ4n) is 2.12. The Hall–Kier alpha value is -0.290. The van der Waals surface area contributed by atoms with Crippen molar-refractivity contribution >= 4 is 0 Å². The largest absolute Gasteiger partial charge is 0.398 e. The van der Waals surface area contributed by atoms with E-state index >= 15 is 0 Å². The highest BCUT2D eigenvalue weighted by molar-refractivity contribution is 5.05. The van der Waals surface area contributed by atoms with Gasteiger partial charge in [-0.3, -0.25) is 4.90 Å². The van der Waals surface area contributed by atoms with Gasteiger partial charge in [-0.2, -0.15) is 13.2 Å². The van der Waals surface area contributed by atoms with Crippen molar-refractivity contribution in [3.05, 3.63) is 0 Å². The Bertz CT molecular complexity index is 231. The standard InChI is InChI=1S/C9H14F3NO/c1-6-4-13(5-6)7(14)8(2-3-8)9(10,11)12/h6-7,14H,2-5H2,1H3. The highest BCUT2D eigenvalue weighted by Gasteiger charge is 2.68. The number of aliphatic hydroxyl groups excluding tert-OH is 1. The van der Waals surface area contributed by atoms with Gasteiger partial charge >= 0.3 is 6.18 Å². The van der Waals surface area contributed by atoms with E-state index in [0.29, 0.717) is 19.0 Å². The van der Waals surface area contributed by atoms with Gasteiger partial charge in [0, 0.05) is 13.1 Å². The Morgan fingerprint density at radius 2 is 1.86 bits per heavy atom. The molecule has 82 valence electrons. The summed E-state index contributed by atoms with van der Waals surface area (Å²) in [4.78, 5) is 1.52. The molecule has 2 fully saturated rings. The summed E-state index contributed by atoms with van der Waals surface area (Å²) in [7, 11) is 0. The van der Waals surface area contributed by atoms with Crippen molar-refractivity contribution in [2.45, 2.75) is 32.2 Å². The number of likely N-dealkylation sites (tertiary alicyclic amines) is 1. The lowest BCUT2D eigenvalue weighted by atomic mass is 9.96. The lowest BCUT2D eigenvalue weighted by Gasteiger charge is -2.44. The van der Waals surface area contributed by atoms with E-state index in [1.807, 2.05) is 6.92 Å². The van der Waals surface area contributed by atoms with Crippen LogP contribution in [0.5, 0.6) is 0 Å². The molecule has 0 aromatic rings. The molecule has 14 heavy (non-hydrogen) atoms. The molecular weight excluding hydrogens is 195 g/mol. The fourth-order valence-corrected chi connectivity index (χ4v) is 2.12. The molecule has 1 aliphatic carbocycles. The van der Waals surface area contributed by atoms with E-state index in [0.717, 1.165) is 0 Å². The Kier molecular flexibility index (Phi) is 2.09. The van der Waals surface area contributed by atoms with Gasteiger partial charge in [-0.1, -0.05) is 6.92 Å². The molecule has 0 radical (unpaired) electrons. The maximum atomic E-state index is 12.6. The molecule has 1 saturated heterocycles. The zero-order valence-electron chi connectivity index (χ0n) is 8.01. The summed E-state index contributed by atoms with van der Waals surface area (Å²) in [6.07, 6.45) is -5.44. The van der Waals surface area contributed by atoms with Crippen LogP contribution in [0, 0.1) is 11.3 Å². The minimum Gasteiger partial charge on any atom is -0.377 e. The monoisotopic (exact) mass is 209 g/mol. The van der Waals surface area contributed by atoms with Crippen LogP contribution in [0.15, 0.2) is 0 Å². The van der Waals surface area contributed by atoms with Crippen LogP contribution in [-0.2, 0) is 0 Å². The molecule has 1 unspecified atom stereocenters. The molecule has 1 heterocycles. The second kappa shape index (κ2) is 2.85. The van der Waals surface area contributed by atoms with Gasteiger partial charge in [-0.05, 0) is 18.8 Å². The van der Waals surface area contributed by atoms with Crippen LogP contribution in [0.4, 0.5) is 13.2 Å². The van der Waals surface area contributed by atoms with E-state index in [4.69, 9.17) is 0 Å². The summed E-state index contributed by atoms with van der Waals surface area (Å²) in [5, 5.41) is 9.62. The maximum absolute atomic E-state index is 12.6. The molecule has 1 atom stereocenters. The van der Waals surface area contributed by atoms with Crippen LogP contribution in [0.2, 0.25) is 0 Å². The molecule has 0 bridgehead atoms. The summed E-state index contributed by atoms with van der Waals surface area (Å²) in [6, 6.07) is 0. The Morgan fingerprint density at radius 1 is 1.36 bits per heavy atom. The van der Waals surface area contributed by atoms with Gasteiger partial charge in [0.2, 0.25) is 0 Å². The topological polar surface area (TPSA) is 23.5 Å². The van der Waals surface area contributed by atoms with E-state index in [1.54, 1.807) is 0 Å². The highest BCUT2D eigenvalue weighted by atomic mass is 19.4. The number of rotatable bonds is 2. The number of alkyl halides is 3. The predicted molar refractivity (Wildman–Crippen MR) is 44.5 cm³/mol. The van der Waals surface area contributed by atoms with E-state index in [2.05, 4.69) is 0 Å².